The normalized spacial score (nSPS) is 19.6. The summed E-state index contributed by atoms with van der Waals surface area (Å²) >= 11 is 4.97. The summed E-state index contributed by atoms with van der Waals surface area (Å²) in [5, 5.41) is 0. The zero-order chi connectivity index (χ0) is 12.3. The minimum absolute atomic E-state index is 0.418. The number of hydrogen-bond acceptors (Lipinski definition) is 4. The molecule has 0 radical (unpaired) electrons. The second kappa shape index (κ2) is 5.42. The summed E-state index contributed by atoms with van der Waals surface area (Å²) < 4.78 is 5.18. The molecule has 0 bridgehead atoms. The monoisotopic (exact) mass is 251 g/mol. The molecule has 1 aromatic heterocycles. The van der Waals surface area contributed by atoms with Gasteiger partial charge in [0.15, 0.2) is 0 Å². The summed E-state index contributed by atoms with van der Waals surface area (Å²) in [4.78, 5) is 7.04. The molecule has 0 spiro atoms. The molecule has 4 nitrogen and oxygen atoms in total. The fourth-order valence-electron chi connectivity index (χ4n) is 2.16. The molecule has 1 aliphatic rings. The highest BCUT2D eigenvalue weighted by atomic mass is 32.1. The van der Waals surface area contributed by atoms with Gasteiger partial charge in [0.25, 0.3) is 0 Å². The van der Waals surface area contributed by atoms with Crippen molar-refractivity contribution >= 4 is 23.0 Å². The number of pyridine rings is 1. The Kier molecular flexibility index (Phi) is 3.91. The molecule has 2 heterocycles. The van der Waals surface area contributed by atoms with Gasteiger partial charge in [-0.1, -0.05) is 12.2 Å². The van der Waals surface area contributed by atoms with E-state index in [-0.39, 0.29) is 0 Å². The van der Waals surface area contributed by atoms with Crippen LogP contribution in [0.3, 0.4) is 0 Å². The second-order valence-corrected chi connectivity index (χ2v) is 4.76. The molecular formula is C12H17N3OS. The highest BCUT2D eigenvalue weighted by Crippen LogP contribution is 2.22. The van der Waals surface area contributed by atoms with E-state index in [4.69, 9.17) is 22.7 Å². The molecule has 1 fully saturated rings. The molecule has 0 aliphatic carbocycles. The first-order valence-corrected chi connectivity index (χ1v) is 6.11. The van der Waals surface area contributed by atoms with Crippen LogP contribution in [0.2, 0.25) is 0 Å². The zero-order valence-electron chi connectivity index (χ0n) is 9.93. The Balaban J connectivity index is 2.08. The van der Waals surface area contributed by atoms with Crippen molar-refractivity contribution in [2.75, 3.05) is 31.7 Å². The number of ether oxygens (including phenoxy) is 1. The van der Waals surface area contributed by atoms with Crippen LogP contribution in [0.25, 0.3) is 0 Å². The third kappa shape index (κ3) is 2.92. The number of rotatable bonds is 4. The Hall–Kier alpha value is -1.20. The summed E-state index contributed by atoms with van der Waals surface area (Å²) in [5.74, 6) is 1.55. The molecule has 0 amide bonds. The first-order chi connectivity index (χ1) is 8.20. The van der Waals surface area contributed by atoms with Crippen LogP contribution in [0.4, 0.5) is 5.82 Å². The Bertz CT molecular complexity index is 410. The highest BCUT2D eigenvalue weighted by Gasteiger charge is 2.23. The van der Waals surface area contributed by atoms with E-state index in [0.29, 0.717) is 10.9 Å². The van der Waals surface area contributed by atoms with Gasteiger partial charge >= 0.3 is 0 Å². The Morgan fingerprint density at radius 2 is 2.53 bits per heavy atom. The molecule has 92 valence electrons. The molecule has 5 heteroatoms. The SMILES string of the molecule is COCC1CCN(c2cc(C(N)=S)ccn2)C1. The fourth-order valence-corrected chi connectivity index (χ4v) is 2.28. The van der Waals surface area contributed by atoms with Crippen LogP contribution in [0.1, 0.15) is 12.0 Å². The lowest BCUT2D eigenvalue weighted by atomic mass is 10.1. The molecule has 1 atom stereocenters. The minimum atomic E-state index is 0.418. The van der Waals surface area contributed by atoms with Crippen LogP contribution in [-0.4, -0.2) is 36.8 Å². The number of thiocarbonyl (C=S) groups is 1. The number of methoxy groups -OCH3 is 1. The van der Waals surface area contributed by atoms with Crippen molar-refractivity contribution in [3.63, 3.8) is 0 Å². The predicted octanol–water partition coefficient (Wildman–Crippen LogP) is 1.19. The van der Waals surface area contributed by atoms with E-state index in [1.807, 2.05) is 12.1 Å². The van der Waals surface area contributed by atoms with Gasteiger partial charge in [-0.25, -0.2) is 4.98 Å². The standard InChI is InChI=1S/C12H17N3OS/c1-16-8-9-3-5-15(7-9)11-6-10(12(13)17)2-4-14-11/h2,4,6,9H,3,5,7-8H2,1H3,(H2,13,17). The average Bonchev–Trinajstić information content (AvgIpc) is 2.78. The van der Waals surface area contributed by atoms with Gasteiger partial charge in [0.05, 0.1) is 6.61 Å². The zero-order valence-corrected chi connectivity index (χ0v) is 10.7. The minimum Gasteiger partial charge on any atom is -0.389 e. The lowest BCUT2D eigenvalue weighted by Gasteiger charge is -2.17. The Morgan fingerprint density at radius 3 is 3.24 bits per heavy atom. The molecule has 2 N–H and O–H groups in total. The quantitative estimate of drug-likeness (QED) is 0.815. The second-order valence-electron chi connectivity index (χ2n) is 4.32. The van der Waals surface area contributed by atoms with Crippen LogP contribution in [0.5, 0.6) is 0 Å². The fraction of sp³-hybridized carbons (Fsp3) is 0.500. The summed E-state index contributed by atoms with van der Waals surface area (Å²) in [5.41, 5.74) is 6.50. The van der Waals surface area contributed by atoms with Crippen molar-refractivity contribution < 1.29 is 4.74 Å². The van der Waals surface area contributed by atoms with E-state index in [1.165, 1.54) is 0 Å². The van der Waals surface area contributed by atoms with E-state index >= 15 is 0 Å². The maximum absolute atomic E-state index is 5.62. The van der Waals surface area contributed by atoms with E-state index < -0.39 is 0 Å². The van der Waals surface area contributed by atoms with E-state index in [0.717, 1.165) is 37.5 Å². The van der Waals surface area contributed by atoms with Crippen molar-refractivity contribution in [3.05, 3.63) is 23.9 Å². The predicted molar refractivity (Wildman–Crippen MR) is 72.3 cm³/mol. The molecule has 0 saturated carbocycles. The Labute approximate surface area is 107 Å². The summed E-state index contributed by atoms with van der Waals surface area (Å²) in [6.45, 7) is 2.81. The molecule has 0 aromatic carbocycles. The molecule has 1 aromatic rings. The van der Waals surface area contributed by atoms with Gasteiger partial charge in [-0.3, -0.25) is 0 Å². The first kappa shape index (κ1) is 12.3. The third-order valence-electron chi connectivity index (χ3n) is 3.04. The lowest BCUT2D eigenvalue weighted by Crippen LogP contribution is -2.22. The summed E-state index contributed by atoms with van der Waals surface area (Å²) in [7, 11) is 1.74. The van der Waals surface area contributed by atoms with Crippen LogP contribution >= 0.6 is 12.2 Å². The van der Waals surface area contributed by atoms with Crippen molar-refractivity contribution in [2.24, 2.45) is 11.7 Å². The van der Waals surface area contributed by atoms with Gasteiger partial charge in [0.1, 0.15) is 10.8 Å². The number of hydrogen-bond donors (Lipinski definition) is 1. The molecule has 1 unspecified atom stereocenters. The van der Waals surface area contributed by atoms with Crippen LogP contribution in [0, 0.1) is 5.92 Å². The number of anilines is 1. The number of nitrogens with zero attached hydrogens (tertiary/aromatic N) is 2. The molecule has 1 aliphatic heterocycles. The van der Waals surface area contributed by atoms with Gasteiger partial charge in [0.2, 0.25) is 0 Å². The van der Waals surface area contributed by atoms with E-state index in [9.17, 15) is 0 Å². The smallest absolute Gasteiger partial charge is 0.129 e. The van der Waals surface area contributed by atoms with Crippen molar-refractivity contribution in [3.8, 4) is 0 Å². The van der Waals surface area contributed by atoms with Gasteiger partial charge < -0.3 is 15.4 Å². The summed E-state index contributed by atoms with van der Waals surface area (Å²) in [6, 6.07) is 3.80. The maximum atomic E-state index is 5.62. The van der Waals surface area contributed by atoms with Crippen LogP contribution < -0.4 is 10.6 Å². The van der Waals surface area contributed by atoms with Crippen molar-refractivity contribution in [2.45, 2.75) is 6.42 Å². The number of nitrogens with two attached hydrogens (primary N) is 1. The number of aromatic nitrogens is 1. The van der Waals surface area contributed by atoms with Crippen molar-refractivity contribution in [1.82, 2.24) is 4.98 Å². The van der Waals surface area contributed by atoms with Crippen LogP contribution in [-0.2, 0) is 4.74 Å². The van der Waals surface area contributed by atoms with Gasteiger partial charge in [-0.15, -0.1) is 0 Å². The highest BCUT2D eigenvalue weighted by molar-refractivity contribution is 7.80. The van der Waals surface area contributed by atoms with Gasteiger partial charge in [-0.05, 0) is 18.6 Å². The van der Waals surface area contributed by atoms with Gasteiger partial charge in [0, 0.05) is 37.9 Å². The topological polar surface area (TPSA) is 51.4 Å². The van der Waals surface area contributed by atoms with E-state index in [2.05, 4.69) is 9.88 Å². The van der Waals surface area contributed by atoms with Crippen molar-refractivity contribution in [1.29, 1.82) is 0 Å². The third-order valence-corrected chi connectivity index (χ3v) is 3.28. The molecule has 1 saturated heterocycles. The first-order valence-electron chi connectivity index (χ1n) is 5.70. The molecule has 2 rings (SSSR count). The lowest BCUT2D eigenvalue weighted by molar-refractivity contribution is 0.161. The molecular weight excluding hydrogens is 234 g/mol. The van der Waals surface area contributed by atoms with Gasteiger partial charge in [-0.2, -0.15) is 0 Å². The largest absolute Gasteiger partial charge is 0.389 e. The van der Waals surface area contributed by atoms with Crippen LogP contribution in [0.15, 0.2) is 18.3 Å². The Morgan fingerprint density at radius 1 is 1.71 bits per heavy atom. The summed E-state index contributed by atoms with van der Waals surface area (Å²) in [6.07, 6.45) is 2.90. The average molecular weight is 251 g/mol. The van der Waals surface area contributed by atoms with E-state index in [1.54, 1.807) is 13.3 Å². The maximum Gasteiger partial charge on any atom is 0.129 e. The molecule has 17 heavy (non-hydrogen) atoms.